The highest BCUT2D eigenvalue weighted by Gasteiger charge is 2.09. The van der Waals surface area contributed by atoms with Crippen LogP contribution in [-0.2, 0) is 0 Å². The lowest BCUT2D eigenvalue weighted by Crippen LogP contribution is -2.27. The number of hydrogen-bond donors (Lipinski definition) is 2. The molecule has 1 rings (SSSR count). The first-order chi connectivity index (χ1) is 7.13. The second kappa shape index (κ2) is 6.11. The third-order valence-corrected chi connectivity index (χ3v) is 2.48. The van der Waals surface area contributed by atoms with Crippen LogP contribution in [-0.4, -0.2) is 18.3 Å². The summed E-state index contributed by atoms with van der Waals surface area (Å²) in [6, 6.07) is 7.57. The third-order valence-electron chi connectivity index (χ3n) is 2.23. The molecule has 2 N–H and O–H groups in total. The van der Waals surface area contributed by atoms with Crippen LogP contribution in [0.15, 0.2) is 24.3 Å². The normalized spacial score (nSPS) is 13.1. The number of halogens is 1. The number of hydrogen-bond acceptors (Lipinski definition) is 2. The highest BCUT2D eigenvalue weighted by atomic mass is 35.5. The van der Waals surface area contributed by atoms with Crippen LogP contribution in [0, 0.1) is 5.92 Å². The molecule has 0 spiro atoms. The fourth-order valence-electron chi connectivity index (χ4n) is 1.36. The number of aliphatic hydroxyl groups is 1. The molecule has 0 aliphatic rings. The Morgan fingerprint density at radius 2 is 1.87 bits per heavy atom. The van der Waals surface area contributed by atoms with Crippen molar-refractivity contribution in [1.82, 2.24) is 5.32 Å². The highest BCUT2D eigenvalue weighted by molar-refractivity contribution is 6.30. The van der Waals surface area contributed by atoms with Crippen molar-refractivity contribution in [1.29, 1.82) is 0 Å². The Balaban J connectivity index is 2.61. The monoisotopic (exact) mass is 227 g/mol. The van der Waals surface area contributed by atoms with E-state index in [0.29, 0.717) is 5.92 Å². The van der Waals surface area contributed by atoms with E-state index in [1.54, 1.807) is 0 Å². The zero-order chi connectivity index (χ0) is 11.3. The zero-order valence-corrected chi connectivity index (χ0v) is 9.96. The molecule has 0 aromatic heterocycles. The van der Waals surface area contributed by atoms with Gasteiger partial charge in [-0.1, -0.05) is 37.6 Å². The third kappa shape index (κ3) is 4.20. The fraction of sp³-hybridized carbons (Fsp3) is 0.500. The van der Waals surface area contributed by atoms with E-state index in [4.69, 9.17) is 11.6 Å². The molecule has 1 atom stereocenters. The summed E-state index contributed by atoms with van der Waals surface area (Å²) in [7, 11) is 0. The van der Waals surface area contributed by atoms with Gasteiger partial charge in [-0.05, 0) is 30.2 Å². The van der Waals surface area contributed by atoms with Gasteiger partial charge in [-0.15, -0.1) is 0 Å². The van der Waals surface area contributed by atoms with Crippen LogP contribution in [0.5, 0.6) is 0 Å². The van der Waals surface area contributed by atoms with Crippen LogP contribution in [0.3, 0.4) is 0 Å². The predicted molar refractivity (Wildman–Crippen MR) is 64.1 cm³/mol. The largest absolute Gasteiger partial charge is 0.394 e. The summed E-state index contributed by atoms with van der Waals surface area (Å²) < 4.78 is 0. The molecule has 0 heterocycles. The standard InChI is InChI=1S/C12H18ClNO/c1-9(2)7-14-12(8-15)10-3-5-11(13)6-4-10/h3-6,9,12,14-15H,7-8H2,1-2H3. The molecule has 0 amide bonds. The van der Waals surface area contributed by atoms with E-state index in [-0.39, 0.29) is 12.6 Å². The lowest BCUT2D eigenvalue weighted by Gasteiger charge is -2.18. The summed E-state index contributed by atoms with van der Waals surface area (Å²) >= 11 is 5.80. The van der Waals surface area contributed by atoms with E-state index in [0.717, 1.165) is 17.1 Å². The molecule has 84 valence electrons. The fourth-order valence-corrected chi connectivity index (χ4v) is 1.49. The Bertz CT molecular complexity index is 284. The van der Waals surface area contributed by atoms with E-state index in [1.807, 2.05) is 24.3 Å². The van der Waals surface area contributed by atoms with Gasteiger partial charge in [0.2, 0.25) is 0 Å². The van der Waals surface area contributed by atoms with Gasteiger partial charge in [-0.3, -0.25) is 0 Å². The molecule has 0 saturated heterocycles. The number of benzene rings is 1. The Morgan fingerprint density at radius 3 is 2.33 bits per heavy atom. The number of aliphatic hydroxyl groups excluding tert-OH is 1. The van der Waals surface area contributed by atoms with Gasteiger partial charge in [-0.25, -0.2) is 0 Å². The highest BCUT2D eigenvalue weighted by Crippen LogP contribution is 2.16. The summed E-state index contributed by atoms with van der Waals surface area (Å²) in [4.78, 5) is 0. The first kappa shape index (κ1) is 12.5. The second-order valence-electron chi connectivity index (χ2n) is 4.09. The van der Waals surface area contributed by atoms with Crippen molar-refractivity contribution < 1.29 is 5.11 Å². The molecule has 1 aromatic carbocycles. The van der Waals surface area contributed by atoms with Gasteiger partial charge in [0, 0.05) is 5.02 Å². The van der Waals surface area contributed by atoms with E-state index < -0.39 is 0 Å². The van der Waals surface area contributed by atoms with Gasteiger partial charge in [0.05, 0.1) is 12.6 Å². The van der Waals surface area contributed by atoms with Crippen molar-refractivity contribution in [3.05, 3.63) is 34.9 Å². The summed E-state index contributed by atoms with van der Waals surface area (Å²) in [6.45, 7) is 5.29. The maximum absolute atomic E-state index is 9.27. The predicted octanol–water partition coefficient (Wildman–Crippen LogP) is 2.62. The molecule has 0 fully saturated rings. The van der Waals surface area contributed by atoms with E-state index >= 15 is 0 Å². The topological polar surface area (TPSA) is 32.3 Å². The minimum Gasteiger partial charge on any atom is -0.394 e. The maximum Gasteiger partial charge on any atom is 0.0626 e. The van der Waals surface area contributed by atoms with Crippen LogP contribution in [0.25, 0.3) is 0 Å². The number of rotatable bonds is 5. The van der Waals surface area contributed by atoms with Crippen molar-refractivity contribution in [2.45, 2.75) is 19.9 Å². The lowest BCUT2D eigenvalue weighted by atomic mass is 10.1. The summed E-state index contributed by atoms with van der Waals surface area (Å²) in [5.74, 6) is 0.575. The molecular formula is C12H18ClNO. The van der Waals surface area contributed by atoms with E-state index in [1.165, 1.54) is 0 Å². The molecule has 0 bridgehead atoms. The van der Waals surface area contributed by atoms with Gasteiger partial charge >= 0.3 is 0 Å². The molecule has 1 aromatic rings. The SMILES string of the molecule is CC(C)CNC(CO)c1ccc(Cl)cc1. The first-order valence-corrected chi connectivity index (χ1v) is 5.61. The lowest BCUT2D eigenvalue weighted by molar-refractivity contribution is 0.241. The van der Waals surface area contributed by atoms with Crippen LogP contribution >= 0.6 is 11.6 Å². The average molecular weight is 228 g/mol. The van der Waals surface area contributed by atoms with Crippen molar-refractivity contribution in [2.24, 2.45) is 5.92 Å². The summed E-state index contributed by atoms with van der Waals surface area (Å²) in [5.41, 5.74) is 1.07. The van der Waals surface area contributed by atoms with Gasteiger partial charge in [0.25, 0.3) is 0 Å². The number of nitrogens with one attached hydrogen (secondary N) is 1. The van der Waals surface area contributed by atoms with Gasteiger partial charge in [-0.2, -0.15) is 0 Å². The van der Waals surface area contributed by atoms with Crippen molar-refractivity contribution >= 4 is 11.6 Å². The Hall–Kier alpha value is -0.570. The van der Waals surface area contributed by atoms with Crippen LogP contribution in [0.1, 0.15) is 25.5 Å². The molecule has 15 heavy (non-hydrogen) atoms. The molecule has 0 radical (unpaired) electrons. The zero-order valence-electron chi connectivity index (χ0n) is 9.20. The van der Waals surface area contributed by atoms with Gasteiger partial charge in [0.1, 0.15) is 0 Å². The van der Waals surface area contributed by atoms with Crippen molar-refractivity contribution in [2.75, 3.05) is 13.2 Å². The Kier molecular flexibility index (Phi) is 5.09. The summed E-state index contributed by atoms with van der Waals surface area (Å²) in [6.07, 6.45) is 0. The molecule has 0 aliphatic carbocycles. The van der Waals surface area contributed by atoms with Gasteiger partial charge in [0.15, 0.2) is 0 Å². The average Bonchev–Trinajstić information content (AvgIpc) is 2.21. The molecule has 0 aliphatic heterocycles. The van der Waals surface area contributed by atoms with Crippen LogP contribution < -0.4 is 5.32 Å². The minimum absolute atomic E-state index is 0.00432. The van der Waals surface area contributed by atoms with Crippen molar-refractivity contribution in [3.8, 4) is 0 Å². The van der Waals surface area contributed by atoms with E-state index in [9.17, 15) is 5.11 Å². The minimum atomic E-state index is 0.00432. The van der Waals surface area contributed by atoms with Crippen LogP contribution in [0.2, 0.25) is 5.02 Å². The van der Waals surface area contributed by atoms with Crippen LogP contribution in [0.4, 0.5) is 0 Å². The molecule has 2 nitrogen and oxygen atoms in total. The summed E-state index contributed by atoms with van der Waals surface area (Å²) in [5, 5.41) is 13.3. The van der Waals surface area contributed by atoms with Gasteiger partial charge < -0.3 is 10.4 Å². The molecule has 0 saturated carbocycles. The van der Waals surface area contributed by atoms with E-state index in [2.05, 4.69) is 19.2 Å². The quantitative estimate of drug-likeness (QED) is 0.811. The smallest absolute Gasteiger partial charge is 0.0626 e. The Morgan fingerprint density at radius 1 is 1.27 bits per heavy atom. The van der Waals surface area contributed by atoms with Crippen molar-refractivity contribution in [3.63, 3.8) is 0 Å². The molecule has 3 heteroatoms. The maximum atomic E-state index is 9.27. The Labute approximate surface area is 96.3 Å². The first-order valence-electron chi connectivity index (χ1n) is 5.23. The second-order valence-corrected chi connectivity index (χ2v) is 4.53. The molecule has 1 unspecified atom stereocenters. The molecular weight excluding hydrogens is 210 g/mol.